The summed E-state index contributed by atoms with van der Waals surface area (Å²) >= 11 is 0. The number of rotatable bonds is 5. The average molecular weight is 365 g/mol. The SMILES string of the molecule is CCNc1ncc(C(=O)O)c(N[C@H]2CCCN(C(=O)OC(C)(C)C)C2)n1. The van der Waals surface area contributed by atoms with Crippen LogP contribution in [0.3, 0.4) is 0 Å². The standard InChI is InChI=1S/C17H27N5O4/c1-5-18-15-19-9-12(14(23)24)13(21-15)20-11-7-6-8-22(10-11)16(25)26-17(2,3)4/h9,11H,5-8,10H2,1-4H3,(H,23,24)(H2,18,19,20,21)/t11-/m0/s1. The van der Waals surface area contributed by atoms with E-state index in [4.69, 9.17) is 4.74 Å². The molecule has 1 fully saturated rings. The summed E-state index contributed by atoms with van der Waals surface area (Å²) in [4.78, 5) is 33.6. The third-order valence-electron chi connectivity index (χ3n) is 3.77. The minimum Gasteiger partial charge on any atom is -0.477 e. The molecule has 9 heteroatoms. The van der Waals surface area contributed by atoms with Crippen LogP contribution in [-0.2, 0) is 4.74 Å². The van der Waals surface area contributed by atoms with E-state index in [1.54, 1.807) is 4.90 Å². The van der Waals surface area contributed by atoms with Gasteiger partial charge in [-0.05, 0) is 40.5 Å². The summed E-state index contributed by atoms with van der Waals surface area (Å²) in [5.41, 5.74) is -0.553. The second-order valence-electron chi connectivity index (χ2n) is 7.20. The number of carboxylic acids is 1. The lowest BCUT2D eigenvalue weighted by Gasteiger charge is -2.34. The van der Waals surface area contributed by atoms with Crippen LogP contribution in [0.4, 0.5) is 16.6 Å². The number of nitrogens with one attached hydrogen (secondary N) is 2. The van der Waals surface area contributed by atoms with Crippen molar-refractivity contribution in [2.45, 2.75) is 52.2 Å². The Hall–Kier alpha value is -2.58. The molecule has 1 aromatic rings. The first-order valence-electron chi connectivity index (χ1n) is 8.78. The van der Waals surface area contributed by atoms with Gasteiger partial charge in [-0.1, -0.05) is 0 Å². The highest BCUT2D eigenvalue weighted by Gasteiger charge is 2.28. The predicted octanol–water partition coefficient (Wildman–Crippen LogP) is 2.42. The number of anilines is 2. The van der Waals surface area contributed by atoms with E-state index in [0.29, 0.717) is 25.6 Å². The lowest BCUT2D eigenvalue weighted by molar-refractivity contribution is 0.0206. The van der Waals surface area contributed by atoms with E-state index in [-0.39, 0.29) is 23.5 Å². The number of ether oxygens (including phenoxy) is 1. The molecule has 26 heavy (non-hydrogen) atoms. The fourth-order valence-electron chi connectivity index (χ4n) is 2.67. The molecular weight excluding hydrogens is 338 g/mol. The summed E-state index contributed by atoms with van der Waals surface area (Å²) < 4.78 is 5.42. The Morgan fingerprint density at radius 1 is 1.42 bits per heavy atom. The molecule has 2 rings (SSSR count). The highest BCUT2D eigenvalue weighted by Crippen LogP contribution is 2.20. The summed E-state index contributed by atoms with van der Waals surface area (Å²) in [5, 5.41) is 15.5. The molecule has 2 heterocycles. The van der Waals surface area contributed by atoms with Crippen molar-refractivity contribution in [3.05, 3.63) is 11.8 Å². The molecule has 1 aliphatic heterocycles. The monoisotopic (exact) mass is 365 g/mol. The van der Waals surface area contributed by atoms with Gasteiger partial charge >= 0.3 is 12.1 Å². The van der Waals surface area contributed by atoms with Crippen LogP contribution in [0.1, 0.15) is 50.9 Å². The maximum Gasteiger partial charge on any atom is 0.410 e. The number of aromatic carboxylic acids is 1. The summed E-state index contributed by atoms with van der Waals surface area (Å²) in [6.45, 7) is 9.05. The zero-order valence-electron chi connectivity index (χ0n) is 15.7. The topological polar surface area (TPSA) is 117 Å². The number of likely N-dealkylation sites (tertiary alicyclic amines) is 1. The third kappa shape index (κ3) is 5.47. The first kappa shape index (κ1) is 19.7. The zero-order chi connectivity index (χ0) is 19.3. The van der Waals surface area contributed by atoms with Crippen molar-refractivity contribution in [3.63, 3.8) is 0 Å². The molecule has 0 unspecified atom stereocenters. The summed E-state index contributed by atoms with van der Waals surface area (Å²) in [5.74, 6) is -0.491. The van der Waals surface area contributed by atoms with E-state index in [2.05, 4.69) is 20.6 Å². The van der Waals surface area contributed by atoms with E-state index >= 15 is 0 Å². The first-order valence-corrected chi connectivity index (χ1v) is 8.78. The van der Waals surface area contributed by atoms with Gasteiger partial charge in [0.05, 0.1) is 0 Å². The van der Waals surface area contributed by atoms with Gasteiger partial charge in [-0.25, -0.2) is 14.6 Å². The van der Waals surface area contributed by atoms with Crippen LogP contribution in [-0.4, -0.2) is 63.3 Å². The van der Waals surface area contributed by atoms with Crippen LogP contribution in [0, 0.1) is 0 Å². The number of amides is 1. The van der Waals surface area contributed by atoms with Gasteiger partial charge < -0.3 is 25.4 Å². The van der Waals surface area contributed by atoms with Crippen LogP contribution in [0.25, 0.3) is 0 Å². The van der Waals surface area contributed by atoms with Gasteiger partial charge in [0.1, 0.15) is 17.0 Å². The van der Waals surface area contributed by atoms with E-state index in [9.17, 15) is 14.7 Å². The number of carbonyl (C=O) groups excluding carboxylic acids is 1. The van der Waals surface area contributed by atoms with Crippen molar-refractivity contribution < 1.29 is 19.4 Å². The summed E-state index contributed by atoms with van der Waals surface area (Å²) in [6, 6.07) is -0.112. The number of carboxylic acid groups (broad SMARTS) is 1. The minimum atomic E-state index is -1.10. The van der Waals surface area contributed by atoms with Gasteiger partial charge in [-0.15, -0.1) is 0 Å². The Labute approximate surface area is 153 Å². The Kier molecular flexibility index (Phi) is 6.23. The van der Waals surface area contributed by atoms with E-state index in [1.807, 2.05) is 27.7 Å². The van der Waals surface area contributed by atoms with Crippen molar-refractivity contribution in [1.82, 2.24) is 14.9 Å². The Bertz CT molecular complexity index is 659. The van der Waals surface area contributed by atoms with E-state index in [0.717, 1.165) is 12.8 Å². The van der Waals surface area contributed by atoms with Gasteiger partial charge in [-0.2, -0.15) is 4.98 Å². The number of nitrogens with zero attached hydrogens (tertiary/aromatic N) is 3. The number of aromatic nitrogens is 2. The normalized spacial score (nSPS) is 17.5. The smallest absolute Gasteiger partial charge is 0.410 e. The van der Waals surface area contributed by atoms with Gasteiger partial charge in [0.25, 0.3) is 0 Å². The Morgan fingerprint density at radius 3 is 2.77 bits per heavy atom. The molecule has 0 radical (unpaired) electrons. The largest absolute Gasteiger partial charge is 0.477 e. The molecule has 0 aromatic carbocycles. The van der Waals surface area contributed by atoms with Crippen molar-refractivity contribution >= 4 is 23.8 Å². The van der Waals surface area contributed by atoms with Crippen molar-refractivity contribution in [1.29, 1.82) is 0 Å². The van der Waals surface area contributed by atoms with Crippen LogP contribution >= 0.6 is 0 Å². The van der Waals surface area contributed by atoms with Crippen LogP contribution < -0.4 is 10.6 Å². The molecule has 1 atom stereocenters. The second-order valence-corrected chi connectivity index (χ2v) is 7.20. The fourth-order valence-corrected chi connectivity index (χ4v) is 2.67. The molecule has 1 aliphatic rings. The molecule has 0 bridgehead atoms. The molecule has 144 valence electrons. The molecule has 1 amide bonds. The third-order valence-corrected chi connectivity index (χ3v) is 3.77. The van der Waals surface area contributed by atoms with Gasteiger partial charge in [0.2, 0.25) is 5.95 Å². The number of hydrogen-bond donors (Lipinski definition) is 3. The molecule has 9 nitrogen and oxygen atoms in total. The maximum absolute atomic E-state index is 12.3. The van der Waals surface area contributed by atoms with Crippen LogP contribution in [0.15, 0.2) is 6.20 Å². The van der Waals surface area contributed by atoms with E-state index in [1.165, 1.54) is 6.20 Å². The number of hydrogen-bond acceptors (Lipinski definition) is 7. The highest BCUT2D eigenvalue weighted by molar-refractivity contribution is 5.93. The molecule has 0 spiro atoms. The van der Waals surface area contributed by atoms with Crippen molar-refractivity contribution in [3.8, 4) is 0 Å². The quantitative estimate of drug-likeness (QED) is 0.728. The van der Waals surface area contributed by atoms with E-state index < -0.39 is 11.6 Å². The molecule has 0 aliphatic carbocycles. The van der Waals surface area contributed by atoms with Gasteiger partial charge in [0.15, 0.2) is 0 Å². The van der Waals surface area contributed by atoms with Crippen molar-refractivity contribution in [2.75, 3.05) is 30.3 Å². The van der Waals surface area contributed by atoms with Gasteiger partial charge in [0, 0.05) is 31.9 Å². The summed E-state index contributed by atoms with van der Waals surface area (Å²) in [7, 11) is 0. The first-order chi connectivity index (χ1) is 12.2. The van der Waals surface area contributed by atoms with Gasteiger partial charge in [-0.3, -0.25) is 0 Å². The molecule has 1 saturated heterocycles. The summed E-state index contributed by atoms with van der Waals surface area (Å²) in [6.07, 6.45) is 2.52. The Morgan fingerprint density at radius 2 is 2.15 bits per heavy atom. The molecule has 3 N–H and O–H groups in total. The predicted molar refractivity (Wildman–Crippen MR) is 97.6 cm³/mol. The van der Waals surface area contributed by atoms with Crippen molar-refractivity contribution in [2.24, 2.45) is 0 Å². The number of carbonyl (C=O) groups is 2. The molecule has 0 saturated carbocycles. The molecular formula is C17H27N5O4. The fraction of sp³-hybridized carbons (Fsp3) is 0.647. The number of piperidine rings is 1. The maximum atomic E-state index is 12.3. The minimum absolute atomic E-state index is 0.000967. The van der Waals surface area contributed by atoms with Crippen LogP contribution in [0.5, 0.6) is 0 Å². The second kappa shape index (κ2) is 8.20. The zero-order valence-corrected chi connectivity index (χ0v) is 15.7. The Balaban J connectivity index is 2.11. The molecule has 1 aromatic heterocycles. The highest BCUT2D eigenvalue weighted by atomic mass is 16.6. The average Bonchev–Trinajstić information content (AvgIpc) is 2.54. The lowest BCUT2D eigenvalue weighted by atomic mass is 10.1. The van der Waals surface area contributed by atoms with Crippen LogP contribution in [0.2, 0.25) is 0 Å². The lowest BCUT2D eigenvalue weighted by Crippen LogP contribution is -2.47.